The maximum atomic E-state index is 12.9. The third-order valence-corrected chi connectivity index (χ3v) is 6.18. The third kappa shape index (κ3) is 5.09. The molecule has 0 aliphatic heterocycles. The lowest BCUT2D eigenvalue weighted by Crippen LogP contribution is -2.23. The Labute approximate surface area is 197 Å². The van der Waals surface area contributed by atoms with Crippen LogP contribution < -0.4 is 10.1 Å². The van der Waals surface area contributed by atoms with Crippen molar-refractivity contribution in [3.8, 4) is 11.4 Å². The molecule has 1 amide bonds. The molecular weight excluding hydrogens is 434 g/mol. The van der Waals surface area contributed by atoms with E-state index in [4.69, 9.17) is 9.72 Å². The van der Waals surface area contributed by atoms with Gasteiger partial charge in [0, 0.05) is 16.9 Å². The van der Waals surface area contributed by atoms with Crippen molar-refractivity contribution in [2.45, 2.75) is 31.2 Å². The Morgan fingerprint density at radius 3 is 2.55 bits per heavy atom. The molecule has 0 spiro atoms. The molecule has 0 radical (unpaired) electrons. The summed E-state index contributed by atoms with van der Waals surface area (Å²) in [6, 6.07) is 22.7. The van der Waals surface area contributed by atoms with Crippen molar-refractivity contribution in [3.05, 3.63) is 78.4 Å². The monoisotopic (exact) mass is 459 g/mol. The second kappa shape index (κ2) is 9.92. The summed E-state index contributed by atoms with van der Waals surface area (Å²) in [5, 5.41) is 3.22. The highest BCUT2D eigenvalue weighted by Gasteiger charge is 2.20. The van der Waals surface area contributed by atoms with Crippen LogP contribution in [0.25, 0.3) is 16.7 Å². The molecule has 1 N–H and O–H groups in total. The number of fused-ring (bicyclic) bond motifs is 1. The molecule has 0 fully saturated rings. The number of thioether (sulfide) groups is 1. The van der Waals surface area contributed by atoms with Crippen LogP contribution in [0.2, 0.25) is 0 Å². The first-order valence-corrected chi connectivity index (χ1v) is 11.6. The van der Waals surface area contributed by atoms with E-state index in [0.29, 0.717) is 17.9 Å². The zero-order valence-electron chi connectivity index (χ0n) is 18.7. The lowest BCUT2D eigenvalue weighted by molar-refractivity contribution is -0.115. The van der Waals surface area contributed by atoms with Crippen molar-refractivity contribution in [2.24, 2.45) is 0 Å². The number of carbonyl (C=O) groups excluding carboxylic acids is 2. The first-order chi connectivity index (χ1) is 16.0. The van der Waals surface area contributed by atoms with Gasteiger partial charge in [-0.1, -0.05) is 36.0 Å². The molecule has 0 saturated carbocycles. The molecule has 1 atom stereocenters. The fourth-order valence-electron chi connectivity index (χ4n) is 3.46. The summed E-state index contributed by atoms with van der Waals surface area (Å²) in [6.45, 7) is 5.91. The fraction of sp³-hybridized carbons (Fsp3) is 0.192. The first-order valence-electron chi connectivity index (χ1n) is 10.8. The summed E-state index contributed by atoms with van der Waals surface area (Å²) in [4.78, 5) is 29.3. The van der Waals surface area contributed by atoms with Crippen molar-refractivity contribution in [1.29, 1.82) is 0 Å². The van der Waals surface area contributed by atoms with Crippen LogP contribution in [0.1, 0.15) is 31.1 Å². The molecule has 0 unspecified atom stereocenters. The van der Waals surface area contributed by atoms with Crippen molar-refractivity contribution in [3.63, 3.8) is 0 Å². The van der Waals surface area contributed by atoms with Crippen LogP contribution in [-0.2, 0) is 4.79 Å². The molecule has 168 valence electrons. The van der Waals surface area contributed by atoms with E-state index in [1.807, 2.05) is 62.4 Å². The van der Waals surface area contributed by atoms with Gasteiger partial charge in [-0.15, -0.1) is 0 Å². The van der Waals surface area contributed by atoms with E-state index in [1.54, 1.807) is 24.3 Å². The predicted octanol–water partition coefficient (Wildman–Crippen LogP) is 5.75. The van der Waals surface area contributed by atoms with Crippen LogP contribution in [0.3, 0.4) is 0 Å². The van der Waals surface area contributed by atoms with Crippen molar-refractivity contribution >= 4 is 40.2 Å². The van der Waals surface area contributed by atoms with E-state index in [0.717, 1.165) is 27.6 Å². The van der Waals surface area contributed by atoms with E-state index < -0.39 is 5.25 Å². The summed E-state index contributed by atoms with van der Waals surface area (Å²) in [6.07, 6.45) is 0. The highest BCUT2D eigenvalue weighted by Crippen LogP contribution is 2.31. The number of aromatic nitrogens is 2. The smallest absolute Gasteiger partial charge is 0.237 e. The Morgan fingerprint density at radius 2 is 1.82 bits per heavy atom. The Bertz CT molecular complexity index is 1300. The van der Waals surface area contributed by atoms with Gasteiger partial charge in [-0.05, 0) is 69.3 Å². The van der Waals surface area contributed by atoms with Gasteiger partial charge in [0.2, 0.25) is 5.91 Å². The van der Waals surface area contributed by atoms with E-state index in [9.17, 15) is 9.59 Å². The van der Waals surface area contributed by atoms with E-state index in [1.165, 1.54) is 18.7 Å². The number of amides is 1. The van der Waals surface area contributed by atoms with Crippen LogP contribution >= 0.6 is 11.8 Å². The number of benzene rings is 3. The summed E-state index contributed by atoms with van der Waals surface area (Å²) < 4.78 is 7.62. The zero-order chi connectivity index (χ0) is 23.4. The number of carbonyl (C=O) groups is 2. The van der Waals surface area contributed by atoms with Crippen molar-refractivity contribution < 1.29 is 14.3 Å². The maximum absolute atomic E-state index is 12.9. The van der Waals surface area contributed by atoms with Gasteiger partial charge in [0.05, 0.1) is 22.9 Å². The molecule has 0 saturated heterocycles. The van der Waals surface area contributed by atoms with Crippen LogP contribution in [-0.4, -0.2) is 33.1 Å². The second-order valence-corrected chi connectivity index (χ2v) is 8.84. The Balaban J connectivity index is 1.60. The molecule has 1 aromatic heterocycles. The molecule has 3 aromatic carbocycles. The van der Waals surface area contributed by atoms with Gasteiger partial charge in [0.1, 0.15) is 5.75 Å². The van der Waals surface area contributed by atoms with Crippen LogP contribution in [0.15, 0.2) is 78.0 Å². The number of nitrogens with one attached hydrogen (secondary N) is 1. The van der Waals surface area contributed by atoms with Gasteiger partial charge in [0.25, 0.3) is 0 Å². The summed E-state index contributed by atoms with van der Waals surface area (Å²) in [5.74, 6) is 0.601. The van der Waals surface area contributed by atoms with Crippen LogP contribution in [0, 0.1) is 0 Å². The highest BCUT2D eigenvalue weighted by molar-refractivity contribution is 8.00. The highest BCUT2D eigenvalue weighted by atomic mass is 32.2. The number of imidazole rings is 1. The topological polar surface area (TPSA) is 73.2 Å². The number of Topliss-reactive ketones (excluding diaryl/α,β-unsaturated/α-hetero) is 1. The largest absolute Gasteiger partial charge is 0.494 e. The van der Waals surface area contributed by atoms with Crippen molar-refractivity contribution in [1.82, 2.24) is 9.55 Å². The Kier molecular flexibility index (Phi) is 6.79. The van der Waals surface area contributed by atoms with Gasteiger partial charge in [-0.2, -0.15) is 0 Å². The summed E-state index contributed by atoms with van der Waals surface area (Å²) in [5.41, 5.74) is 3.92. The number of hydrogen-bond donors (Lipinski definition) is 1. The average Bonchev–Trinajstić information content (AvgIpc) is 3.17. The van der Waals surface area contributed by atoms with E-state index >= 15 is 0 Å². The molecule has 6 nitrogen and oxygen atoms in total. The predicted molar refractivity (Wildman–Crippen MR) is 133 cm³/mol. The quantitative estimate of drug-likeness (QED) is 0.268. The molecular formula is C26H25N3O3S. The molecule has 1 heterocycles. The SMILES string of the molecule is CCOc1ccc(-n2c(S[C@@H](C)C(=O)Nc3cccc(C(C)=O)c3)nc3ccccc32)cc1. The third-order valence-electron chi connectivity index (χ3n) is 5.12. The number of ketones is 1. The fourth-order valence-corrected chi connectivity index (χ4v) is 4.40. The lowest BCUT2D eigenvalue weighted by Gasteiger charge is -2.14. The number of nitrogens with zero attached hydrogens (tertiary/aromatic N) is 2. The minimum absolute atomic E-state index is 0.0439. The molecule has 0 aliphatic rings. The molecule has 4 aromatic rings. The Hall–Kier alpha value is -3.58. The summed E-state index contributed by atoms with van der Waals surface area (Å²) >= 11 is 1.38. The second-order valence-electron chi connectivity index (χ2n) is 7.53. The van der Waals surface area contributed by atoms with Crippen LogP contribution in [0.5, 0.6) is 5.75 Å². The number of rotatable bonds is 8. The molecule has 0 aliphatic carbocycles. The maximum Gasteiger partial charge on any atom is 0.237 e. The Morgan fingerprint density at radius 1 is 1.06 bits per heavy atom. The van der Waals surface area contributed by atoms with Gasteiger partial charge in [0.15, 0.2) is 10.9 Å². The standard InChI is InChI=1S/C26H25N3O3S/c1-4-32-22-14-12-21(13-15-22)29-24-11-6-5-10-23(24)28-26(29)33-18(3)25(31)27-20-9-7-8-19(16-20)17(2)30/h5-16,18H,4H2,1-3H3,(H,27,31)/t18-/m0/s1. The average molecular weight is 460 g/mol. The minimum Gasteiger partial charge on any atom is -0.494 e. The molecule has 33 heavy (non-hydrogen) atoms. The van der Waals surface area contributed by atoms with Gasteiger partial charge in [-0.3, -0.25) is 14.2 Å². The number of para-hydroxylation sites is 2. The normalized spacial score (nSPS) is 11.8. The number of anilines is 1. The molecule has 7 heteroatoms. The van der Waals surface area contributed by atoms with Gasteiger partial charge >= 0.3 is 0 Å². The summed E-state index contributed by atoms with van der Waals surface area (Å²) in [7, 11) is 0. The van der Waals surface area contributed by atoms with E-state index in [-0.39, 0.29) is 11.7 Å². The van der Waals surface area contributed by atoms with Gasteiger partial charge in [-0.25, -0.2) is 4.98 Å². The first kappa shape index (κ1) is 22.6. The van der Waals surface area contributed by atoms with Crippen molar-refractivity contribution in [2.75, 3.05) is 11.9 Å². The molecule has 0 bridgehead atoms. The number of ether oxygens (including phenoxy) is 1. The minimum atomic E-state index is -0.413. The van der Waals surface area contributed by atoms with E-state index in [2.05, 4.69) is 9.88 Å². The van der Waals surface area contributed by atoms with Gasteiger partial charge < -0.3 is 10.1 Å². The zero-order valence-corrected chi connectivity index (χ0v) is 19.6. The molecule has 4 rings (SSSR count). The number of hydrogen-bond acceptors (Lipinski definition) is 5. The lowest BCUT2D eigenvalue weighted by atomic mass is 10.1. The van der Waals surface area contributed by atoms with Crippen LogP contribution in [0.4, 0.5) is 5.69 Å².